The summed E-state index contributed by atoms with van der Waals surface area (Å²) in [5.74, 6) is -0.598. The number of halogens is 2. The normalized spacial score (nSPS) is 16.7. The van der Waals surface area contributed by atoms with Crippen LogP contribution in [-0.2, 0) is 0 Å². The molecule has 0 spiro atoms. The molecule has 1 nitrogen and oxygen atoms in total. The SMILES string of the molecule is Fc1ccc(SCCCNC2CCCCC2)cc1F. The van der Waals surface area contributed by atoms with Crippen molar-refractivity contribution in [3.8, 4) is 0 Å². The highest BCUT2D eigenvalue weighted by molar-refractivity contribution is 7.99. The van der Waals surface area contributed by atoms with Crippen molar-refractivity contribution >= 4 is 11.8 Å². The highest BCUT2D eigenvalue weighted by atomic mass is 32.2. The van der Waals surface area contributed by atoms with E-state index in [1.807, 2.05) is 0 Å². The Labute approximate surface area is 118 Å². The van der Waals surface area contributed by atoms with Crippen LogP contribution in [0.4, 0.5) is 8.78 Å². The first-order chi connectivity index (χ1) is 9.25. The van der Waals surface area contributed by atoms with Crippen molar-refractivity contribution in [3.63, 3.8) is 0 Å². The average Bonchev–Trinajstić information content (AvgIpc) is 2.43. The number of thioether (sulfide) groups is 1. The molecule has 0 aliphatic heterocycles. The quantitative estimate of drug-likeness (QED) is 0.615. The van der Waals surface area contributed by atoms with E-state index in [-0.39, 0.29) is 0 Å². The lowest BCUT2D eigenvalue weighted by Crippen LogP contribution is -2.31. The topological polar surface area (TPSA) is 12.0 Å². The maximum Gasteiger partial charge on any atom is 0.159 e. The number of hydrogen-bond acceptors (Lipinski definition) is 2. The number of benzene rings is 1. The van der Waals surface area contributed by atoms with Crippen molar-refractivity contribution < 1.29 is 8.78 Å². The molecular weight excluding hydrogens is 264 g/mol. The van der Waals surface area contributed by atoms with Crippen LogP contribution in [0.5, 0.6) is 0 Å². The van der Waals surface area contributed by atoms with E-state index in [9.17, 15) is 8.78 Å². The molecule has 0 aromatic heterocycles. The van der Waals surface area contributed by atoms with E-state index in [0.717, 1.165) is 23.6 Å². The smallest absolute Gasteiger partial charge is 0.159 e. The standard InChI is InChI=1S/C15H21F2NS/c16-14-8-7-13(11-15(14)17)19-10-4-9-18-12-5-2-1-3-6-12/h7-8,11-12,18H,1-6,9-10H2. The molecule has 1 aliphatic carbocycles. The molecule has 106 valence electrons. The summed E-state index contributed by atoms with van der Waals surface area (Å²) in [4.78, 5) is 0.802. The summed E-state index contributed by atoms with van der Waals surface area (Å²) < 4.78 is 25.7. The Morgan fingerprint density at radius 3 is 2.63 bits per heavy atom. The zero-order chi connectivity index (χ0) is 13.5. The van der Waals surface area contributed by atoms with Crippen LogP contribution >= 0.6 is 11.8 Å². The van der Waals surface area contributed by atoms with Crippen LogP contribution in [0.1, 0.15) is 38.5 Å². The van der Waals surface area contributed by atoms with Crippen molar-refractivity contribution in [2.24, 2.45) is 0 Å². The van der Waals surface area contributed by atoms with Crippen molar-refractivity contribution in [2.75, 3.05) is 12.3 Å². The van der Waals surface area contributed by atoms with Gasteiger partial charge in [0, 0.05) is 10.9 Å². The molecule has 0 radical (unpaired) electrons. The summed E-state index contributed by atoms with van der Waals surface area (Å²) in [6, 6.07) is 4.80. The molecule has 1 aliphatic rings. The average molecular weight is 285 g/mol. The summed E-state index contributed by atoms with van der Waals surface area (Å²) >= 11 is 1.58. The molecule has 0 saturated heterocycles. The molecule has 0 atom stereocenters. The summed E-state index contributed by atoms with van der Waals surface area (Å²) in [5.41, 5.74) is 0. The molecule has 0 bridgehead atoms. The molecule has 0 heterocycles. The van der Waals surface area contributed by atoms with Gasteiger partial charge in [-0.3, -0.25) is 0 Å². The molecule has 1 aromatic rings. The molecule has 19 heavy (non-hydrogen) atoms. The van der Waals surface area contributed by atoms with Crippen LogP contribution in [0.25, 0.3) is 0 Å². The Morgan fingerprint density at radius 2 is 1.89 bits per heavy atom. The van der Waals surface area contributed by atoms with E-state index < -0.39 is 11.6 Å². The second-order valence-electron chi connectivity index (χ2n) is 5.07. The van der Waals surface area contributed by atoms with Crippen LogP contribution in [0.15, 0.2) is 23.1 Å². The predicted molar refractivity (Wildman–Crippen MR) is 76.6 cm³/mol. The maximum absolute atomic E-state index is 13.0. The van der Waals surface area contributed by atoms with Gasteiger partial charge in [-0.15, -0.1) is 11.8 Å². The first kappa shape index (κ1) is 14.8. The highest BCUT2D eigenvalue weighted by Gasteiger charge is 2.11. The maximum atomic E-state index is 13.0. The third-order valence-corrected chi connectivity index (χ3v) is 4.60. The Hall–Kier alpha value is -0.610. The second kappa shape index (κ2) is 7.85. The largest absolute Gasteiger partial charge is 0.314 e. The summed E-state index contributed by atoms with van der Waals surface area (Å²) in [6.45, 7) is 1.02. The Bertz CT molecular complexity index is 392. The van der Waals surface area contributed by atoms with E-state index in [0.29, 0.717) is 6.04 Å². The monoisotopic (exact) mass is 285 g/mol. The Balaban J connectivity index is 1.59. The number of hydrogen-bond donors (Lipinski definition) is 1. The lowest BCUT2D eigenvalue weighted by Gasteiger charge is -2.22. The van der Waals surface area contributed by atoms with Crippen LogP contribution < -0.4 is 5.32 Å². The lowest BCUT2D eigenvalue weighted by molar-refractivity contribution is 0.375. The van der Waals surface area contributed by atoms with E-state index in [1.165, 1.54) is 44.2 Å². The van der Waals surface area contributed by atoms with Gasteiger partial charge in [0.1, 0.15) is 0 Å². The molecular formula is C15H21F2NS. The van der Waals surface area contributed by atoms with E-state index in [4.69, 9.17) is 0 Å². The van der Waals surface area contributed by atoms with E-state index in [1.54, 1.807) is 17.8 Å². The molecule has 1 aromatic carbocycles. The van der Waals surface area contributed by atoms with Gasteiger partial charge in [-0.25, -0.2) is 8.78 Å². The van der Waals surface area contributed by atoms with Gasteiger partial charge in [0.2, 0.25) is 0 Å². The van der Waals surface area contributed by atoms with Gasteiger partial charge in [0.05, 0.1) is 0 Å². The molecule has 1 N–H and O–H groups in total. The summed E-state index contributed by atoms with van der Waals surface area (Å²) in [5, 5.41) is 3.58. The van der Waals surface area contributed by atoms with Crippen molar-refractivity contribution in [2.45, 2.75) is 49.5 Å². The van der Waals surface area contributed by atoms with Crippen molar-refractivity contribution in [1.82, 2.24) is 5.32 Å². The summed E-state index contributed by atoms with van der Waals surface area (Å²) in [6.07, 6.45) is 7.74. The number of nitrogens with one attached hydrogen (secondary N) is 1. The molecule has 1 fully saturated rings. The Kier molecular flexibility index (Phi) is 6.11. The van der Waals surface area contributed by atoms with Gasteiger partial charge in [-0.2, -0.15) is 0 Å². The molecule has 2 rings (SSSR count). The Morgan fingerprint density at radius 1 is 1.11 bits per heavy atom. The second-order valence-corrected chi connectivity index (χ2v) is 6.24. The first-order valence-electron chi connectivity index (χ1n) is 7.07. The van der Waals surface area contributed by atoms with Gasteiger partial charge in [-0.1, -0.05) is 19.3 Å². The minimum absolute atomic E-state index is 0.696. The van der Waals surface area contributed by atoms with Crippen LogP contribution in [0.2, 0.25) is 0 Å². The highest BCUT2D eigenvalue weighted by Crippen LogP contribution is 2.21. The summed E-state index contributed by atoms with van der Waals surface area (Å²) in [7, 11) is 0. The van der Waals surface area contributed by atoms with Crippen molar-refractivity contribution in [1.29, 1.82) is 0 Å². The first-order valence-corrected chi connectivity index (χ1v) is 8.05. The van der Waals surface area contributed by atoms with Gasteiger partial charge in [0.15, 0.2) is 11.6 Å². The zero-order valence-corrected chi connectivity index (χ0v) is 11.9. The third kappa shape index (κ3) is 5.11. The minimum Gasteiger partial charge on any atom is -0.314 e. The predicted octanol–water partition coefficient (Wildman–Crippen LogP) is 4.37. The van der Waals surface area contributed by atoms with Gasteiger partial charge < -0.3 is 5.32 Å². The molecule has 1 saturated carbocycles. The fourth-order valence-electron chi connectivity index (χ4n) is 2.44. The third-order valence-electron chi connectivity index (χ3n) is 3.52. The fraction of sp³-hybridized carbons (Fsp3) is 0.600. The van der Waals surface area contributed by atoms with E-state index >= 15 is 0 Å². The minimum atomic E-state index is -0.775. The molecule has 0 amide bonds. The fourth-order valence-corrected chi connectivity index (χ4v) is 3.32. The van der Waals surface area contributed by atoms with Crippen molar-refractivity contribution in [3.05, 3.63) is 29.8 Å². The van der Waals surface area contributed by atoms with Crippen LogP contribution in [-0.4, -0.2) is 18.3 Å². The molecule has 4 heteroatoms. The van der Waals surface area contributed by atoms with Gasteiger partial charge in [-0.05, 0) is 49.8 Å². The zero-order valence-electron chi connectivity index (χ0n) is 11.1. The van der Waals surface area contributed by atoms with Gasteiger partial charge >= 0.3 is 0 Å². The van der Waals surface area contributed by atoms with Gasteiger partial charge in [0.25, 0.3) is 0 Å². The van der Waals surface area contributed by atoms with E-state index in [2.05, 4.69) is 5.32 Å². The van der Waals surface area contributed by atoms with Crippen LogP contribution in [0, 0.1) is 11.6 Å². The number of rotatable bonds is 6. The lowest BCUT2D eigenvalue weighted by atomic mass is 9.95. The van der Waals surface area contributed by atoms with Crippen LogP contribution in [0.3, 0.4) is 0 Å². The molecule has 0 unspecified atom stereocenters.